The van der Waals surface area contributed by atoms with Gasteiger partial charge >= 0.3 is 10.2 Å². The lowest BCUT2D eigenvalue weighted by Gasteiger charge is -2.39. The van der Waals surface area contributed by atoms with Crippen molar-refractivity contribution in [3.8, 4) is 17.6 Å². The van der Waals surface area contributed by atoms with Crippen LogP contribution < -0.4 is 20.3 Å². The molecule has 0 bridgehead atoms. The lowest BCUT2D eigenvalue weighted by Crippen LogP contribution is -2.47. The number of anilines is 1. The minimum atomic E-state index is -4.03. The molecule has 1 saturated carbocycles. The van der Waals surface area contributed by atoms with Gasteiger partial charge in [0.25, 0.3) is 5.56 Å². The molecule has 1 spiro atoms. The number of piperidine rings is 2. The van der Waals surface area contributed by atoms with E-state index in [2.05, 4.69) is 33.2 Å². The van der Waals surface area contributed by atoms with Crippen molar-refractivity contribution in [1.29, 1.82) is 5.26 Å². The fourth-order valence-corrected chi connectivity index (χ4v) is 11.1. The zero-order chi connectivity index (χ0) is 46.5. The Hall–Kier alpha value is -6.23. The number of imide groups is 1. The van der Waals surface area contributed by atoms with E-state index in [-0.39, 0.29) is 58.3 Å². The van der Waals surface area contributed by atoms with E-state index >= 15 is 4.39 Å². The highest BCUT2D eigenvalue weighted by molar-refractivity contribution is 7.90. The summed E-state index contributed by atoms with van der Waals surface area (Å²) in [5.74, 6) is -1.49. The number of fused-ring (bicyclic) bond motifs is 2. The summed E-state index contributed by atoms with van der Waals surface area (Å²) in [6.07, 6.45) is 8.50. The standard InChI is InChI=1S/C47H52FN9O8S/c1-4-54(2)66(62,63)53-39-15-13-37(48)44(36(39)25-49)65-32-10-14-38-35(23-32)46(61)57(27-50-38)31-24-47(64-26-31)17-19-56(20-18-47)42(59)21-28-5-7-29(8-6-28)30-9-11-33-40(22-30)55(3)52-43(33)34-12-16-41(58)51-45(34)60/h9-11,13-15,22-23,27-29,31,34,53H,4-8,12,16-21,24,26H2,1-3H3,(H,51,58,60)/t28-,29+,31-,34?/m1/s1. The first-order valence-corrected chi connectivity index (χ1v) is 24.0. The number of nitriles is 1. The van der Waals surface area contributed by atoms with Gasteiger partial charge in [-0.2, -0.15) is 23.1 Å². The van der Waals surface area contributed by atoms with Crippen LogP contribution >= 0.6 is 0 Å². The Morgan fingerprint density at radius 3 is 2.56 bits per heavy atom. The van der Waals surface area contributed by atoms with Gasteiger partial charge in [-0.3, -0.25) is 38.5 Å². The summed E-state index contributed by atoms with van der Waals surface area (Å²) in [5, 5.41) is 18.2. The van der Waals surface area contributed by atoms with Crippen molar-refractivity contribution in [1.82, 2.24) is 33.9 Å². The van der Waals surface area contributed by atoms with Crippen LogP contribution in [-0.2, 0) is 36.4 Å². The zero-order valence-electron chi connectivity index (χ0n) is 37.1. The lowest BCUT2D eigenvalue weighted by molar-refractivity contribution is -0.137. The molecule has 3 saturated heterocycles. The smallest absolute Gasteiger partial charge is 0.301 e. The maximum atomic E-state index is 15.1. The molecule has 3 amide bonds. The third-order valence-electron chi connectivity index (χ3n) is 14.2. The van der Waals surface area contributed by atoms with Gasteiger partial charge in [-0.25, -0.2) is 9.37 Å². The van der Waals surface area contributed by atoms with Crippen LogP contribution in [0, 0.1) is 23.1 Å². The molecular weight excluding hydrogens is 870 g/mol. The van der Waals surface area contributed by atoms with Crippen molar-refractivity contribution in [2.24, 2.45) is 13.0 Å². The molecule has 3 aliphatic heterocycles. The second-order valence-electron chi connectivity index (χ2n) is 18.1. The molecule has 346 valence electrons. The zero-order valence-corrected chi connectivity index (χ0v) is 37.9. The number of ether oxygens (including phenoxy) is 2. The molecule has 1 unspecified atom stereocenters. The van der Waals surface area contributed by atoms with E-state index in [1.54, 1.807) is 17.6 Å². The second-order valence-corrected chi connectivity index (χ2v) is 19.9. The fraction of sp³-hybridized carbons (Fsp3) is 0.468. The topological polar surface area (TPSA) is 211 Å². The monoisotopic (exact) mass is 921 g/mol. The van der Waals surface area contributed by atoms with Crippen molar-refractivity contribution in [3.05, 3.63) is 87.9 Å². The number of rotatable bonds is 11. The third kappa shape index (κ3) is 8.64. The lowest BCUT2D eigenvalue weighted by atomic mass is 9.77. The van der Waals surface area contributed by atoms with Gasteiger partial charge in [0, 0.05) is 52.0 Å². The van der Waals surface area contributed by atoms with Crippen LogP contribution in [-0.4, -0.2) is 93.6 Å². The molecule has 2 aromatic heterocycles. The maximum absolute atomic E-state index is 15.1. The van der Waals surface area contributed by atoms with Gasteiger partial charge in [0.15, 0.2) is 11.6 Å². The Morgan fingerprint density at radius 1 is 1.06 bits per heavy atom. The molecule has 4 aliphatic rings. The maximum Gasteiger partial charge on any atom is 0.301 e. The SMILES string of the molecule is CCN(C)S(=O)(=O)Nc1ccc(F)c(Oc2ccc3ncn([C@H]4COC5(CCN(C(=O)C[C@H]6CC[C@@H](c7ccc8c(C9CCC(=O)NC9=O)nn(C)c8c7)CC6)CC5)C4)c(=O)c3c2)c1C#N. The van der Waals surface area contributed by atoms with Crippen LogP contribution in [0.1, 0.15) is 106 Å². The number of aryl methyl sites for hydroxylation is 1. The number of likely N-dealkylation sites (tertiary alicyclic amines) is 1. The molecule has 1 aliphatic carbocycles. The fourth-order valence-electron chi connectivity index (χ4n) is 10.2. The average Bonchev–Trinajstić information content (AvgIpc) is 3.87. The number of nitrogens with one attached hydrogen (secondary N) is 2. The van der Waals surface area contributed by atoms with Crippen molar-refractivity contribution in [3.63, 3.8) is 0 Å². The predicted molar refractivity (Wildman–Crippen MR) is 241 cm³/mol. The first kappa shape index (κ1) is 44.9. The number of aromatic nitrogens is 4. The summed E-state index contributed by atoms with van der Waals surface area (Å²) in [4.78, 5) is 58.4. The minimum Gasteiger partial charge on any atom is -0.453 e. The molecule has 17 nitrogen and oxygen atoms in total. The summed E-state index contributed by atoms with van der Waals surface area (Å²) in [5.41, 5.74) is 1.94. The summed E-state index contributed by atoms with van der Waals surface area (Å²) in [7, 11) is -0.780. The summed E-state index contributed by atoms with van der Waals surface area (Å²) < 4.78 is 59.5. The number of carbonyl (C=O) groups is 3. The Morgan fingerprint density at radius 2 is 1.83 bits per heavy atom. The van der Waals surface area contributed by atoms with Crippen LogP contribution in [0.2, 0.25) is 0 Å². The van der Waals surface area contributed by atoms with E-state index in [0.29, 0.717) is 81.3 Å². The molecule has 9 rings (SSSR count). The van der Waals surface area contributed by atoms with E-state index in [4.69, 9.17) is 14.6 Å². The van der Waals surface area contributed by atoms with Crippen LogP contribution in [0.4, 0.5) is 10.1 Å². The molecule has 5 aromatic rings. The molecule has 3 aromatic carbocycles. The summed E-state index contributed by atoms with van der Waals surface area (Å²) in [6.45, 7) is 3.23. The summed E-state index contributed by atoms with van der Waals surface area (Å²) >= 11 is 0. The highest BCUT2D eigenvalue weighted by Gasteiger charge is 2.44. The van der Waals surface area contributed by atoms with Gasteiger partial charge in [-0.15, -0.1) is 0 Å². The molecular formula is C47H52FN9O8S. The predicted octanol–water partition coefficient (Wildman–Crippen LogP) is 5.90. The Kier molecular flexibility index (Phi) is 12.2. The Balaban J connectivity index is 0.795. The number of nitrogens with zero attached hydrogens (tertiary/aromatic N) is 7. The Labute approximate surface area is 381 Å². The van der Waals surface area contributed by atoms with Crippen molar-refractivity contribution < 1.29 is 36.7 Å². The highest BCUT2D eigenvalue weighted by Crippen LogP contribution is 2.43. The molecule has 2 atom stereocenters. The van der Waals surface area contributed by atoms with Crippen molar-refractivity contribution in [2.45, 2.75) is 94.6 Å². The summed E-state index contributed by atoms with van der Waals surface area (Å²) in [6, 6.07) is 14.5. The van der Waals surface area contributed by atoms with Gasteiger partial charge in [0.1, 0.15) is 17.4 Å². The number of hydrogen-bond donors (Lipinski definition) is 2. The molecule has 5 heterocycles. The van der Waals surface area contributed by atoms with E-state index in [0.717, 1.165) is 53.0 Å². The van der Waals surface area contributed by atoms with Crippen molar-refractivity contribution in [2.75, 3.05) is 38.0 Å². The minimum absolute atomic E-state index is 0.0514. The van der Waals surface area contributed by atoms with Crippen LogP contribution in [0.3, 0.4) is 0 Å². The largest absolute Gasteiger partial charge is 0.453 e. The third-order valence-corrected chi connectivity index (χ3v) is 15.7. The molecule has 0 radical (unpaired) electrons. The number of halogens is 1. The molecule has 4 fully saturated rings. The molecule has 2 N–H and O–H groups in total. The second kappa shape index (κ2) is 17.9. The highest BCUT2D eigenvalue weighted by atomic mass is 32.2. The molecule has 66 heavy (non-hydrogen) atoms. The quantitative estimate of drug-likeness (QED) is 0.149. The van der Waals surface area contributed by atoms with Crippen LogP contribution in [0.25, 0.3) is 21.8 Å². The van der Waals surface area contributed by atoms with Gasteiger partial charge in [-0.1, -0.05) is 19.1 Å². The van der Waals surface area contributed by atoms with Crippen LogP contribution in [0.15, 0.2) is 59.7 Å². The first-order chi connectivity index (χ1) is 31.7. The van der Waals surface area contributed by atoms with E-state index < -0.39 is 33.3 Å². The number of amides is 3. The van der Waals surface area contributed by atoms with Gasteiger partial charge in [0.05, 0.1) is 58.3 Å². The number of carbonyl (C=O) groups excluding carboxylic acids is 3. The number of hydrogen-bond acceptors (Lipinski definition) is 11. The van der Waals surface area contributed by atoms with Gasteiger partial charge < -0.3 is 14.4 Å². The van der Waals surface area contributed by atoms with E-state index in [1.807, 2.05) is 22.7 Å². The van der Waals surface area contributed by atoms with E-state index in [1.165, 1.54) is 31.1 Å². The number of benzene rings is 3. The molecule has 19 heteroatoms. The normalized spacial score (nSPS) is 22.2. The average molecular weight is 922 g/mol. The first-order valence-electron chi connectivity index (χ1n) is 22.5. The Bertz CT molecular complexity index is 2970. The van der Waals surface area contributed by atoms with Crippen LogP contribution in [0.5, 0.6) is 11.5 Å². The van der Waals surface area contributed by atoms with Gasteiger partial charge in [-0.05, 0) is 105 Å². The van der Waals surface area contributed by atoms with E-state index in [9.17, 15) is 32.9 Å². The van der Waals surface area contributed by atoms with Crippen molar-refractivity contribution >= 4 is 55.4 Å². The van der Waals surface area contributed by atoms with Gasteiger partial charge in [0.2, 0.25) is 17.7 Å².